The van der Waals surface area contributed by atoms with E-state index in [4.69, 9.17) is 15.6 Å². The van der Waals surface area contributed by atoms with Crippen LogP contribution in [0.25, 0.3) is 0 Å². The minimum absolute atomic E-state index is 0.106. The summed E-state index contributed by atoms with van der Waals surface area (Å²) in [5.74, 6) is -1.30. The quantitative estimate of drug-likeness (QED) is 0.594. The van der Waals surface area contributed by atoms with Gasteiger partial charge in [-0.15, -0.1) is 0 Å². The number of aliphatic carboxylic acids is 1. The van der Waals surface area contributed by atoms with Crippen molar-refractivity contribution >= 4 is 11.9 Å². The molecule has 0 spiro atoms. The molecule has 1 aliphatic heterocycles. The monoisotopic (exact) mass is 230 g/mol. The van der Waals surface area contributed by atoms with E-state index in [1.807, 2.05) is 0 Å². The van der Waals surface area contributed by atoms with Crippen LogP contribution in [0.2, 0.25) is 0 Å². The van der Waals surface area contributed by atoms with Gasteiger partial charge in [-0.3, -0.25) is 9.59 Å². The van der Waals surface area contributed by atoms with E-state index in [0.717, 1.165) is 0 Å². The summed E-state index contributed by atoms with van der Waals surface area (Å²) in [6.07, 6.45) is 0.517. The Labute approximate surface area is 94.1 Å². The largest absolute Gasteiger partial charge is 0.481 e. The van der Waals surface area contributed by atoms with Crippen molar-refractivity contribution in [1.82, 2.24) is 5.32 Å². The highest BCUT2D eigenvalue weighted by atomic mass is 16.5. The van der Waals surface area contributed by atoms with Gasteiger partial charge in [-0.25, -0.2) is 0 Å². The molecule has 0 aromatic rings. The number of nitrogens with one attached hydrogen (secondary N) is 1. The zero-order valence-electron chi connectivity index (χ0n) is 9.53. The molecule has 1 rings (SSSR count). The van der Waals surface area contributed by atoms with Gasteiger partial charge in [0.15, 0.2) is 0 Å². The standard InChI is InChI=1S/C10H18N2O4/c1-3-6(11)8(13)12-7-4-16-5-10(7,2)9(14)15/h6-7H,3-5,11H2,1-2H3,(H,12,13)(H,14,15)/t6-,7?,10?/m0/s1. The van der Waals surface area contributed by atoms with Crippen LogP contribution in [0.3, 0.4) is 0 Å². The van der Waals surface area contributed by atoms with Gasteiger partial charge < -0.3 is 20.9 Å². The average molecular weight is 230 g/mol. The molecular weight excluding hydrogens is 212 g/mol. The molecule has 1 aliphatic rings. The van der Waals surface area contributed by atoms with Crippen LogP contribution >= 0.6 is 0 Å². The number of rotatable bonds is 4. The summed E-state index contributed by atoms with van der Waals surface area (Å²) >= 11 is 0. The Morgan fingerprint density at radius 1 is 1.69 bits per heavy atom. The summed E-state index contributed by atoms with van der Waals surface area (Å²) in [4.78, 5) is 22.6. The number of nitrogens with two attached hydrogens (primary N) is 1. The first-order chi connectivity index (χ1) is 7.41. The molecule has 0 radical (unpaired) electrons. The van der Waals surface area contributed by atoms with Crippen LogP contribution < -0.4 is 11.1 Å². The summed E-state index contributed by atoms with van der Waals surface area (Å²) in [5, 5.41) is 11.7. The highest BCUT2D eigenvalue weighted by Crippen LogP contribution is 2.28. The number of carboxylic acid groups (broad SMARTS) is 1. The third-order valence-corrected chi connectivity index (χ3v) is 3.04. The van der Waals surface area contributed by atoms with E-state index in [9.17, 15) is 9.59 Å². The van der Waals surface area contributed by atoms with Crippen LogP contribution in [-0.2, 0) is 14.3 Å². The molecule has 1 fully saturated rings. The van der Waals surface area contributed by atoms with Crippen molar-refractivity contribution in [1.29, 1.82) is 0 Å². The predicted octanol–water partition coefficient (Wildman–Crippen LogP) is -0.670. The summed E-state index contributed by atoms with van der Waals surface area (Å²) < 4.78 is 5.11. The first-order valence-electron chi connectivity index (χ1n) is 5.29. The van der Waals surface area contributed by atoms with Crippen molar-refractivity contribution in [3.8, 4) is 0 Å². The number of ether oxygens (including phenoxy) is 1. The fourth-order valence-corrected chi connectivity index (χ4v) is 1.55. The van der Waals surface area contributed by atoms with Crippen LogP contribution in [-0.4, -0.2) is 42.3 Å². The first kappa shape index (κ1) is 12.9. The summed E-state index contributed by atoms with van der Waals surface area (Å²) in [5.41, 5.74) is 4.49. The zero-order valence-corrected chi connectivity index (χ0v) is 9.53. The SMILES string of the molecule is CC[C@H](N)C(=O)NC1COCC1(C)C(=O)O. The molecular formula is C10H18N2O4. The van der Waals surface area contributed by atoms with E-state index in [0.29, 0.717) is 6.42 Å². The van der Waals surface area contributed by atoms with E-state index < -0.39 is 23.5 Å². The lowest BCUT2D eigenvalue weighted by molar-refractivity contribution is -0.149. The molecule has 6 heteroatoms. The summed E-state index contributed by atoms with van der Waals surface area (Å²) in [6.45, 7) is 3.68. The normalized spacial score (nSPS) is 31.1. The second-order valence-electron chi connectivity index (χ2n) is 4.31. The Balaban J connectivity index is 2.67. The van der Waals surface area contributed by atoms with Crippen molar-refractivity contribution < 1.29 is 19.4 Å². The lowest BCUT2D eigenvalue weighted by atomic mass is 9.85. The third-order valence-electron chi connectivity index (χ3n) is 3.04. The zero-order chi connectivity index (χ0) is 12.3. The highest BCUT2D eigenvalue weighted by molar-refractivity contribution is 5.83. The van der Waals surface area contributed by atoms with Gasteiger partial charge in [-0.05, 0) is 13.3 Å². The minimum atomic E-state index is -1.07. The smallest absolute Gasteiger partial charge is 0.313 e. The molecule has 16 heavy (non-hydrogen) atoms. The number of amides is 1. The molecule has 0 aliphatic carbocycles. The van der Waals surface area contributed by atoms with Gasteiger partial charge in [0, 0.05) is 0 Å². The van der Waals surface area contributed by atoms with Crippen LogP contribution in [0.15, 0.2) is 0 Å². The maximum absolute atomic E-state index is 11.6. The molecule has 1 saturated heterocycles. The molecule has 92 valence electrons. The maximum Gasteiger partial charge on any atom is 0.313 e. The number of hydrogen-bond donors (Lipinski definition) is 3. The van der Waals surface area contributed by atoms with Crippen LogP contribution in [0.4, 0.5) is 0 Å². The number of carbonyl (C=O) groups is 2. The molecule has 4 N–H and O–H groups in total. The van der Waals surface area contributed by atoms with Gasteiger partial charge in [0.25, 0.3) is 0 Å². The number of carbonyl (C=O) groups excluding carboxylic acids is 1. The van der Waals surface area contributed by atoms with Crippen molar-refractivity contribution in [2.75, 3.05) is 13.2 Å². The Bertz CT molecular complexity index is 295. The Kier molecular flexibility index (Phi) is 3.88. The van der Waals surface area contributed by atoms with E-state index in [-0.39, 0.29) is 19.1 Å². The average Bonchev–Trinajstić information content (AvgIpc) is 2.60. The van der Waals surface area contributed by atoms with Gasteiger partial charge in [0.05, 0.1) is 25.3 Å². The van der Waals surface area contributed by atoms with Crippen molar-refractivity contribution in [3.05, 3.63) is 0 Å². The first-order valence-corrected chi connectivity index (χ1v) is 5.29. The molecule has 2 unspecified atom stereocenters. The molecule has 1 heterocycles. The maximum atomic E-state index is 11.6. The summed E-state index contributed by atoms with van der Waals surface area (Å²) in [6, 6.07) is -1.12. The van der Waals surface area contributed by atoms with Crippen molar-refractivity contribution in [3.63, 3.8) is 0 Å². The second-order valence-corrected chi connectivity index (χ2v) is 4.31. The van der Waals surface area contributed by atoms with E-state index in [1.54, 1.807) is 13.8 Å². The Morgan fingerprint density at radius 3 is 2.81 bits per heavy atom. The molecule has 0 aromatic carbocycles. The molecule has 0 aromatic heterocycles. The topological polar surface area (TPSA) is 102 Å². The second kappa shape index (κ2) is 4.80. The van der Waals surface area contributed by atoms with Gasteiger partial charge in [-0.1, -0.05) is 6.92 Å². The van der Waals surface area contributed by atoms with E-state index in [2.05, 4.69) is 5.32 Å². The van der Waals surface area contributed by atoms with Crippen molar-refractivity contribution in [2.24, 2.45) is 11.1 Å². The van der Waals surface area contributed by atoms with Crippen LogP contribution in [0, 0.1) is 5.41 Å². The van der Waals surface area contributed by atoms with Crippen LogP contribution in [0.5, 0.6) is 0 Å². The van der Waals surface area contributed by atoms with Gasteiger partial charge in [0.1, 0.15) is 5.41 Å². The fraction of sp³-hybridized carbons (Fsp3) is 0.800. The summed E-state index contributed by atoms with van der Waals surface area (Å²) in [7, 11) is 0. The van der Waals surface area contributed by atoms with Gasteiger partial charge in [0.2, 0.25) is 5.91 Å². The van der Waals surface area contributed by atoms with Crippen molar-refractivity contribution in [2.45, 2.75) is 32.4 Å². The predicted molar refractivity (Wildman–Crippen MR) is 56.8 cm³/mol. The number of carboxylic acids is 1. The lowest BCUT2D eigenvalue weighted by Crippen LogP contribution is -2.53. The molecule has 1 amide bonds. The van der Waals surface area contributed by atoms with Crippen LogP contribution in [0.1, 0.15) is 20.3 Å². The van der Waals surface area contributed by atoms with E-state index in [1.165, 1.54) is 0 Å². The Morgan fingerprint density at radius 2 is 2.31 bits per heavy atom. The molecule has 6 nitrogen and oxygen atoms in total. The number of hydrogen-bond acceptors (Lipinski definition) is 4. The van der Waals surface area contributed by atoms with E-state index >= 15 is 0 Å². The Hall–Kier alpha value is -1.14. The molecule has 3 atom stereocenters. The highest BCUT2D eigenvalue weighted by Gasteiger charge is 2.47. The fourth-order valence-electron chi connectivity index (χ4n) is 1.55. The molecule has 0 saturated carbocycles. The van der Waals surface area contributed by atoms with Gasteiger partial charge >= 0.3 is 5.97 Å². The van der Waals surface area contributed by atoms with Gasteiger partial charge in [-0.2, -0.15) is 0 Å². The minimum Gasteiger partial charge on any atom is -0.481 e. The molecule has 0 bridgehead atoms. The third kappa shape index (κ3) is 2.33. The lowest BCUT2D eigenvalue weighted by Gasteiger charge is -2.26.